The van der Waals surface area contributed by atoms with Crippen molar-refractivity contribution in [2.24, 2.45) is 0 Å². The van der Waals surface area contributed by atoms with E-state index in [1.807, 2.05) is 0 Å². The Labute approximate surface area is 130 Å². The van der Waals surface area contributed by atoms with E-state index in [4.69, 9.17) is 0 Å². The molecule has 1 aromatic carbocycles. The highest BCUT2D eigenvalue weighted by atomic mass is 79.9. The molecule has 1 atom stereocenters. The van der Waals surface area contributed by atoms with Crippen molar-refractivity contribution >= 4 is 27.7 Å². The van der Waals surface area contributed by atoms with Crippen molar-refractivity contribution < 1.29 is 0 Å². The number of thioether (sulfide) groups is 1. The van der Waals surface area contributed by atoms with E-state index in [0.29, 0.717) is 6.04 Å². The van der Waals surface area contributed by atoms with Crippen molar-refractivity contribution in [1.82, 2.24) is 5.32 Å². The second kappa shape index (κ2) is 7.70. The monoisotopic (exact) mass is 341 g/mol. The van der Waals surface area contributed by atoms with Gasteiger partial charge in [0.15, 0.2) is 0 Å². The van der Waals surface area contributed by atoms with E-state index >= 15 is 0 Å². The molecule has 3 heteroatoms. The maximum absolute atomic E-state index is 3.73. The summed E-state index contributed by atoms with van der Waals surface area (Å²) < 4.78 is 1.24. The Hall–Kier alpha value is 0.01000. The molecule has 1 aromatic rings. The van der Waals surface area contributed by atoms with Crippen molar-refractivity contribution in [1.29, 1.82) is 0 Å². The highest BCUT2D eigenvalue weighted by Gasteiger charge is 2.15. The van der Waals surface area contributed by atoms with Crippen LogP contribution in [0, 0.1) is 0 Å². The lowest BCUT2D eigenvalue weighted by Crippen LogP contribution is -2.18. The molecule has 2 rings (SSSR count). The van der Waals surface area contributed by atoms with E-state index in [-0.39, 0.29) is 0 Å². The topological polar surface area (TPSA) is 12.0 Å². The predicted molar refractivity (Wildman–Crippen MR) is 89.0 cm³/mol. The van der Waals surface area contributed by atoms with E-state index in [1.54, 1.807) is 0 Å². The van der Waals surface area contributed by atoms with Crippen LogP contribution >= 0.6 is 27.7 Å². The number of benzene rings is 1. The first-order chi connectivity index (χ1) is 9.20. The van der Waals surface area contributed by atoms with Gasteiger partial charge in [-0.3, -0.25) is 0 Å². The summed E-state index contributed by atoms with van der Waals surface area (Å²) >= 11 is 5.79. The van der Waals surface area contributed by atoms with Gasteiger partial charge in [-0.2, -0.15) is 0 Å². The van der Waals surface area contributed by atoms with Gasteiger partial charge < -0.3 is 5.32 Å². The highest BCUT2D eigenvalue weighted by molar-refractivity contribution is 9.10. The molecule has 1 N–H and O–H groups in total. The van der Waals surface area contributed by atoms with Gasteiger partial charge in [0.1, 0.15) is 0 Å². The molecule has 0 heterocycles. The van der Waals surface area contributed by atoms with Gasteiger partial charge in [-0.1, -0.05) is 48.2 Å². The molecule has 0 bridgehead atoms. The SMILES string of the molecule is CCNC(C)c1ccc(SC2CCCCC2)cc1Br. The van der Waals surface area contributed by atoms with Crippen molar-refractivity contribution in [2.75, 3.05) is 6.54 Å². The first-order valence-electron chi connectivity index (χ1n) is 7.40. The van der Waals surface area contributed by atoms with Gasteiger partial charge in [-0.15, -0.1) is 11.8 Å². The van der Waals surface area contributed by atoms with Gasteiger partial charge in [0, 0.05) is 20.7 Å². The van der Waals surface area contributed by atoms with Crippen LogP contribution in [0.3, 0.4) is 0 Å². The van der Waals surface area contributed by atoms with Crippen LogP contribution in [0.2, 0.25) is 0 Å². The summed E-state index contributed by atoms with van der Waals surface area (Å²) in [5.74, 6) is 0. The van der Waals surface area contributed by atoms with Crippen molar-refractivity contribution in [2.45, 2.75) is 62.1 Å². The third kappa shape index (κ3) is 4.51. The molecule has 1 fully saturated rings. The van der Waals surface area contributed by atoms with Crippen LogP contribution in [0.4, 0.5) is 0 Å². The molecule has 1 aliphatic rings. The molecule has 1 saturated carbocycles. The normalized spacial score (nSPS) is 18.5. The Morgan fingerprint density at radius 1 is 1.32 bits per heavy atom. The lowest BCUT2D eigenvalue weighted by molar-refractivity contribution is 0.516. The number of hydrogen-bond donors (Lipinski definition) is 1. The average molecular weight is 342 g/mol. The third-order valence-electron chi connectivity index (χ3n) is 3.80. The van der Waals surface area contributed by atoms with E-state index in [2.05, 4.69) is 65.1 Å². The van der Waals surface area contributed by atoms with E-state index in [0.717, 1.165) is 11.8 Å². The zero-order valence-electron chi connectivity index (χ0n) is 11.9. The number of halogens is 1. The maximum Gasteiger partial charge on any atom is 0.0302 e. The molecule has 1 aliphatic carbocycles. The van der Waals surface area contributed by atoms with Crippen LogP contribution in [-0.2, 0) is 0 Å². The first kappa shape index (κ1) is 15.4. The zero-order valence-corrected chi connectivity index (χ0v) is 14.3. The summed E-state index contributed by atoms with van der Waals surface area (Å²) in [5, 5.41) is 4.30. The smallest absolute Gasteiger partial charge is 0.0302 e. The van der Waals surface area contributed by atoms with Crippen LogP contribution in [0.15, 0.2) is 27.6 Å². The molecule has 0 spiro atoms. The molecule has 0 saturated heterocycles. The molecule has 106 valence electrons. The quantitative estimate of drug-likeness (QED) is 0.753. The lowest BCUT2D eigenvalue weighted by Gasteiger charge is -2.21. The zero-order chi connectivity index (χ0) is 13.7. The van der Waals surface area contributed by atoms with Gasteiger partial charge in [0.2, 0.25) is 0 Å². The molecule has 1 nitrogen and oxygen atoms in total. The largest absolute Gasteiger partial charge is 0.310 e. The minimum absolute atomic E-state index is 0.410. The van der Waals surface area contributed by atoms with E-state index in [1.165, 1.54) is 47.0 Å². The van der Waals surface area contributed by atoms with Crippen LogP contribution < -0.4 is 5.32 Å². The maximum atomic E-state index is 3.73. The second-order valence-electron chi connectivity index (χ2n) is 5.34. The molecule has 1 unspecified atom stereocenters. The first-order valence-corrected chi connectivity index (χ1v) is 9.07. The number of nitrogens with one attached hydrogen (secondary N) is 1. The van der Waals surface area contributed by atoms with Crippen molar-refractivity contribution in [3.8, 4) is 0 Å². The molecular weight excluding hydrogens is 318 g/mol. The third-order valence-corrected chi connectivity index (χ3v) is 5.82. The fraction of sp³-hybridized carbons (Fsp3) is 0.625. The highest BCUT2D eigenvalue weighted by Crippen LogP contribution is 2.36. The summed E-state index contributed by atoms with van der Waals surface area (Å²) in [4.78, 5) is 1.41. The fourth-order valence-electron chi connectivity index (χ4n) is 2.72. The number of rotatable bonds is 5. The summed E-state index contributed by atoms with van der Waals surface area (Å²) in [6, 6.07) is 7.26. The van der Waals surface area contributed by atoms with Gasteiger partial charge in [0.05, 0.1) is 0 Å². The summed E-state index contributed by atoms with van der Waals surface area (Å²) in [5.41, 5.74) is 1.36. The predicted octanol–water partition coefficient (Wildman–Crippen LogP) is 5.54. The van der Waals surface area contributed by atoms with Gasteiger partial charge in [0.25, 0.3) is 0 Å². The Balaban J connectivity index is 2.01. The van der Waals surface area contributed by atoms with Crippen LogP contribution in [0.25, 0.3) is 0 Å². The molecule has 0 amide bonds. The average Bonchev–Trinajstić information content (AvgIpc) is 2.40. The Kier molecular flexibility index (Phi) is 6.24. The van der Waals surface area contributed by atoms with Gasteiger partial charge >= 0.3 is 0 Å². The Morgan fingerprint density at radius 2 is 2.05 bits per heavy atom. The molecular formula is C16H24BrNS. The summed E-state index contributed by atoms with van der Waals surface area (Å²) in [7, 11) is 0. The van der Waals surface area contributed by atoms with E-state index < -0.39 is 0 Å². The molecule has 0 aliphatic heterocycles. The van der Waals surface area contributed by atoms with Crippen molar-refractivity contribution in [3.05, 3.63) is 28.2 Å². The van der Waals surface area contributed by atoms with Crippen LogP contribution in [0.1, 0.15) is 57.6 Å². The minimum Gasteiger partial charge on any atom is -0.310 e. The standard InChI is InChI=1S/C16H24BrNS/c1-3-18-12(2)15-10-9-14(11-16(15)17)19-13-7-5-4-6-8-13/h9-13,18H,3-8H2,1-2H3. The van der Waals surface area contributed by atoms with Gasteiger partial charge in [-0.25, -0.2) is 0 Å². The Morgan fingerprint density at radius 3 is 2.68 bits per heavy atom. The minimum atomic E-state index is 0.410. The molecule has 0 radical (unpaired) electrons. The van der Waals surface area contributed by atoms with Crippen LogP contribution in [0.5, 0.6) is 0 Å². The molecule has 19 heavy (non-hydrogen) atoms. The molecule has 0 aromatic heterocycles. The second-order valence-corrected chi connectivity index (χ2v) is 7.57. The van der Waals surface area contributed by atoms with Gasteiger partial charge in [-0.05, 0) is 44.0 Å². The summed E-state index contributed by atoms with van der Waals surface area (Å²) in [6.07, 6.45) is 7.03. The lowest BCUT2D eigenvalue weighted by atomic mass is 10.0. The van der Waals surface area contributed by atoms with Crippen molar-refractivity contribution in [3.63, 3.8) is 0 Å². The fourth-order valence-corrected chi connectivity index (χ4v) is 4.88. The summed E-state index contributed by atoms with van der Waals surface area (Å²) in [6.45, 7) is 5.38. The Bertz CT molecular complexity index is 402. The van der Waals surface area contributed by atoms with Crippen LogP contribution in [-0.4, -0.2) is 11.8 Å². The van der Waals surface area contributed by atoms with E-state index in [9.17, 15) is 0 Å². The number of hydrogen-bond acceptors (Lipinski definition) is 2.